The van der Waals surface area contributed by atoms with E-state index in [0.29, 0.717) is 30.7 Å². The number of likely N-dealkylation sites (tertiary alicyclic amines) is 1. The molecule has 1 spiro atoms. The summed E-state index contributed by atoms with van der Waals surface area (Å²) in [5, 5.41) is 0. The minimum atomic E-state index is -0.0484. The number of benzene rings is 1. The molecule has 1 aromatic rings. The van der Waals surface area contributed by atoms with Crippen LogP contribution in [0.15, 0.2) is 24.3 Å². The van der Waals surface area contributed by atoms with Crippen LogP contribution in [0.3, 0.4) is 0 Å². The molecule has 4 fully saturated rings. The number of carbonyl (C=O) groups excluding carboxylic acids is 2. The molecule has 34 heavy (non-hydrogen) atoms. The second kappa shape index (κ2) is 8.85. The maximum atomic E-state index is 12.8. The van der Waals surface area contributed by atoms with Crippen molar-refractivity contribution in [2.24, 2.45) is 5.92 Å². The van der Waals surface area contributed by atoms with Crippen molar-refractivity contribution in [2.75, 3.05) is 31.1 Å². The molecule has 184 valence electrons. The topological polar surface area (TPSA) is 53.1 Å². The zero-order chi connectivity index (χ0) is 23.3. The summed E-state index contributed by atoms with van der Waals surface area (Å²) >= 11 is 0. The van der Waals surface area contributed by atoms with E-state index in [1.54, 1.807) is 6.92 Å². The number of hydrogen-bond acceptors (Lipinski definition) is 4. The van der Waals surface area contributed by atoms with Gasteiger partial charge < -0.3 is 19.4 Å². The zero-order valence-corrected chi connectivity index (χ0v) is 20.6. The molecule has 5 aliphatic rings. The average molecular weight is 466 g/mol. The molecule has 6 heteroatoms. The molecule has 1 saturated carbocycles. The number of piperidine rings is 1. The third-order valence-electron chi connectivity index (χ3n) is 9.52. The Morgan fingerprint density at radius 3 is 2.15 bits per heavy atom. The summed E-state index contributed by atoms with van der Waals surface area (Å²) in [6.45, 7) is 5.36. The molecule has 6 nitrogen and oxygen atoms in total. The molecule has 0 N–H and O–H groups in total. The van der Waals surface area contributed by atoms with Crippen LogP contribution in [0.1, 0.15) is 76.7 Å². The number of amides is 2. The van der Waals surface area contributed by atoms with Gasteiger partial charge in [0.15, 0.2) is 0 Å². The Morgan fingerprint density at radius 1 is 0.912 bits per heavy atom. The van der Waals surface area contributed by atoms with Crippen molar-refractivity contribution >= 4 is 17.7 Å². The van der Waals surface area contributed by atoms with E-state index in [2.05, 4.69) is 34.1 Å². The van der Waals surface area contributed by atoms with E-state index in [1.807, 2.05) is 4.90 Å². The molecule has 6 rings (SSSR count). The Balaban J connectivity index is 1.08. The first kappa shape index (κ1) is 22.4. The lowest BCUT2D eigenvalue weighted by Crippen LogP contribution is -2.50. The van der Waals surface area contributed by atoms with Gasteiger partial charge in [0.1, 0.15) is 0 Å². The van der Waals surface area contributed by atoms with Crippen molar-refractivity contribution in [1.29, 1.82) is 0 Å². The molecular formula is C28H39N3O3. The van der Waals surface area contributed by atoms with Gasteiger partial charge in [-0.25, -0.2) is 4.79 Å². The number of rotatable bonds is 3. The van der Waals surface area contributed by atoms with E-state index in [1.165, 1.54) is 31.2 Å². The van der Waals surface area contributed by atoms with Crippen molar-refractivity contribution in [3.63, 3.8) is 0 Å². The van der Waals surface area contributed by atoms with Crippen LogP contribution in [-0.4, -0.2) is 66.2 Å². The van der Waals surface area contributed by atoms with Crippen LogP contribution in [0.2, 0.25) is 0 Å². The molecule has 0 radical (unpaired) electrons. The van der Waals surface area contributed by atoms with Crippen LogP contribution < -0.4 is 4.90 Å². The molecule has 3 saturated heterocycles. The van der Waals surface area contributed by atoms with Gasteiger partial charge in [0.05, 0.1) is 6.61 Å². The SMILES string of the molecule is CC(=O)N1CC2(CCN(C3CCC4CCC(CC3)N4C(=O)OCC3CC3)CC2)c2ccccc21. The van der Waals surface area contributed by atoms with Gasteiger partial charge in [-0.1, -0.05) is 18.2 Å². The lowest BCUT2D eigenvalue weighted by atomic mass is 9.74. The molecule has 2 unspecified atom stereocenters. The summed E-state index contributed by atoms with van der Waals surface area (Å²) in [5.41, 5.74) is 2.61. The molecule has 4 heterocycles. The van der Waals surface area contributed by atoms with Gasteiger partial charge in [0, 0.05) is 42.7 Å². The second-order valence-corrected chi connectivity index (χ2v) is 11.6. The first-order chi connectivity index (χ1) is 16.5. The van der Waals surface area contributed by atoms with E-state index >= 15 is 0 Å². The number of para-hydroxylation sites is 1. The number of ether oxygens (including phenoxy) is 1. The fraction of sp³-hybridized carbons (Fsp3) is 0.714. The number of nitrogens with zero attached hydrogens (tertiary/aromatic N) is 3. The summed E-state index contributed by atoms with van der Waals surface area (Å²) in [4.78, 5) is 32.0. The average Bonchev–Trinajstić information content (AvgIpc) is 3.47. The molecule has 0 aromatic heterocycles. The van der Waals surface area contributed by atoms with Crippen molar-refractivity contribution in [1.82, 2.24) is 9.80 Å². The fourth-order valence-electron chi connectivity index (χ4n) is 7.31. The van der Waals surface area contributed by atoms with Crippen LogP contribution >= 0.6 is 0 Å². The Bertz CT molecular complexity index is 921. The Morgan fingerprint density at radius 2 is 1.53 bits per heavy atom. The highest BCUT2D eigenvalue weighted by Gasteiger charge is 2.47. The van der Waals surface area contributed by atoms with E-state index in [0.717, 1.165) is 63.8 Å². The predicted molar refractivity (Wildman–Crippen MR) is 132 cm³/mol. The largest absolute Gasteiger partial charge is 0.449 e. The minimum absolute atomic E-state index is 0.0484. The normalized spacial score (nSPS) is 30.7. The molecule has 4 aliphatic heterocycles. The number of carbonyl (C=O) groups is 2. The summed E-state index contributed by atoms with van der Waals surface area (Å²) in [5.74, 6) is 0.778. The summed E-state index contributed by atoms with van der Waals surface area (Å²) in [6.07, 6.45) is 11.5. The third-order valence-corrected chi connectivity index (χ3v) is 9.52. The predicted octanol–water partition coefficient (Wildman–Crippen LogP) is 4.71. The highest BCUT2D eigenvalue weighted by Crippen LogP contribution is 2.47. The van der Waals surface area contributed by atoms with E-state index in [4.69, 9.17) is 4.74 Å². The first-order valence-corrected chi connectivity index (χ1v) is 13.6. The lowest BCUT2D eigenvalue weighted by molar-refractivity contribution is -0.116. The monoisotopic (exact) mass is 465 g/mol. The van der Waals surface area contributed by atoms with Crippen LogP contribution in [0, 0.1) is 5.92 Å². The Labute approximate surface area is 203 Å². The maximum absolute atomic E-state index is 12.8. The number of hydrogen-bond donors (Lipinski definition) is 0. The van der Waals surface area contributed by atoms with Gasteiger partial charge in [-0.15, -0.1) is 0 Å². The summed E-state index contributed by atoms with van der Waals surface area (Å²) in [6, 6.07) is 9.88. The van der Waals surface area contributed by atoms with Crippen LogP contribution in [0.4, 0.5) is 10.5 Å². The molecule has 2 amide bonds. The van der Waals surface area contributed by atoms with E-state index in [9.17, 15) is 9.59 Å². The third kappa shape index (κ3) is 4.02. The summed E-state index contributed by atoms with van der Waals surface area (Å²) < 4.78 is 5.68. The first-order valence-electron chi connectivity index (χ1n) is 13.6. The van der Waals surface area contributed by atoms with Crippen molar-refractivity contribution < 1.29 is 14.3 Å². The fourth-order valence-corrected chi connectivity index (χ4v) is 7.31. The van der Waals surface area contributed by atoms with Crippen molar-refractivity contribution in [3.8, 4) is 0 Å². The molecule has 2 atom stereocenters. The summed E-state index contributed by atoms with van der Waals surface area (Å²) in [7, 11) is 0. The van der Waals surface area contributed by atoms with E-state index in [-0.39, 0.29) is 17.4 Å². The van der Waals surface area contributed by atoms with Crippen molar-refractivity contribution in [3.05, 3.63) is 29.8 Å². The molecular weight excluding hydrogens is 426 g/mol. The van der Waals surface area contributed by atoms with Gasteiger partial charge in [-0.2, -0.15) is 0 Å². The second-order valence-electron chi connectivity index (χ2n) is 11.6. The highest BCUT2D eigenvalue weighted by atomic mass is 16.6. The van der Waals surface area contributed by atoms with Crippen LogP contribution in [0.5, 0.6) is 0 Å². The molecule has 2 bridgehead atoms. The Kier molecular flexibility index (Phi) is 5.83. The van der Waals surface area contributed by atoms with Gasteiger partial charge in [-0.05, 0) is 94.8 Å². The lowest BCUT2D eigenvalue weighted by Gasteiger charge is -2.44. The molecule has 1 aromatic carbocycles. The van der Waals surface area contributed by atoms with Gasteiger partial charge >= 0.3 is 6.09 Å². The highest BCUT2D eigenvalue weighted by molar-refractivity contribution is 5.94. The standard InChI is InChI=1S/C28H39N3O3/c1-20(32)30-19-28(25-4-2-3-5-26(25)30)14-16-29(17-15-28)22-8-10-23-12-13-24(11-9-22)31(23)27(33)34-18-21-6-7-21/h2-5,21-24H,6-19H2,1H3. The number of fused-ring (bicyclic) bond motifs is 4. The van der Waals surface area contributed by atoms with Crippen molar-refractivity contribution in [2.45, 2.75) is 94.7 Å². The smallest absolute Gasteiger partial charge is 0.410 e. The van der Waals surface area contributed by atoms with Gasteiger partial charge in [0.25, 0.3) is 0 Å². The van der Waals surface area contributed by atoms with Crippen LogP contribution in [0.25, 0.3) is 0 Å². The van der Waals surface area contributed by atoms with Gasteiger partial charge in [0.2, 0.25) is 5.91 Å². The maximum Gasteiger partial charge on any atom is 0.410 e. The zero-order valence-electron chi connectivity index (χ0n) is 20.6. The van der Waals surface area contributed by atoms with Gasteiger partial charge in [-0.3, -0.25) is 4.79 Å². The van der Waals surface area contributed by atoms with Crippen LogP contribution in [-0.2, 0) is 14.9 Å². The minimum Gasteiger partial charge on any atom is -0.449 e. The van der Waals surface area contributed by atoms with E-state index < -0.39 is 0 Å². The number of anilines is 1. The molecule has 1 aliphatic carbocycles. The Hall–Kier alpha value is -2.08. The quantitative estimate of drug-likeness (QED) is 0.649.